The number of fused-ring (bicyclic) bond motifs is 5. The van der Waals surface area contributed by atoms with Gasteiger partial charge in [-0.3, -0.25) is 0 Å². The summed E-state index contributed by atoms with van der Waals surface area (Å²) in [4.78, 5) is 0. The van der Waals surface area contributed by atoms with Crippen LogP contribution >= 0.6 is 0 Å². The highest BCUT2D eigenvalue weighted by Gasteiger charge is 2.53. The van der Waals surface area contributed by atoms with Crippen LogP contribution in [0.1, 0.15) is 86.5 Å². The molecule has 30 heavy (non-hydrogen) atoms. The first kappa shape index (κ1) is 22.1. The van der Waals surface area contributed by atoms with Gasteiger partial charge in [0.2, 0.25) is 0 Å². The molecular formula is C29H44O. The third-order valence-corrected chi connectivity index (χ3v) is 9.69. The molecule has 4 rings (SSSR count). The van der Waals surface area contributed by atoms with E-state index < -0.39 is 0 Å². The zero-order valence-electron chi connectivity index (χ0n) is 20.2. The Balaban J connectivity index is 1.57. The number of hydrogen-bond donors (Lipinski definition) is 1. The van der Waals surface area contributed by atoms with E-state index >= 15 is 0 Å². The average Bonchev–Trinajstić information content (AvgIpc) is 3.06. The van der Waals surface area contributed by atoms with Gasteiger partial charge >= 0.3 is 0 Å². The molecule has 0 aromatic heterocycles. The molecule has 0 amide bonds. The lowest BCUT2D eigenvalue weighted by molar-refractivity contribution is 0.0719. The molecule has 0 spiro atoms. The number of hydrogen-bond acceptors (Lipinski definition) is 1. The summed E-state index contributed by atoms with van der Waals surface area (Å²) in [5, 5.41) is 10.2. The number of aliphatic hydroxyl groups is 1. The van der Waals surface area contributed by atoms with E-state index in [1.807, 2.05) is 0 Å². The normalized spacial score (nSPS) is 40.3. The van der Waals surface area contributed by atoms with E-state index in [1.165, 1.54) is 31.3 Å². The van der Waals surface area contributed by atoms with Crippen LogP contribution < -0.4 is 0 Å². The van der Waals surface area contributed by atoms with Gasteiger partial charge < -0.3 is 5.11 Å². The largest absolute Gasteiger partial charge is 0.393 e. The lowest BCUT2D eigenvalue weighted by Gasteiger charge is -2.53. The van der Waals surface area contributed by atoms with Gasteiger partial charge in [-0.1, -0.05) is 77.5 Å². The molecule has 7 atom stereocenters. The molecule has 2 fully saturated rings. The zero-order chi connectivity index (χ0) is 21.7. The molecule has 0 bridgehead atoms. The highest BCUT2D eigenvalue weighted by atomic mass is 16.3. The third kappa shape index (κ3) is 3.50. The van der Waals surface area contributed by atoms with E-state index in [0.29, 0.717) is 23.2 Å². The fourth-order valence-electron chi connectivity index (χ4n) is 7.50. The van der Waals surface area contributed by atoms with E-state index in [9.17, 15) is 5.11 Å². The summed E-state index contributed by atoms with van der Waals surface area (Å²) in [6, 6.07) is 0. The summed E-state index contributed by atoms with van der Waals surface area (Å²) < 4.78 is 0. The van der Waals surface area contributed by atoms with Gasteiger partial charge in [0.1, 0.15) is 0 Å². The third-order valence-electron chi connectivity index (χ3n) is 9.69. The summed E-state index contributed by atoms with van der Waals surface area (Å²) in [5.41, 5.74) is 5.40. The molecule has 4 aliphatic carbocycles. The summed E-state index contributed by atoms with van der Waals surface area (Å²) in [6.45, 7) is 14.5. The number of rotatable bonds is 5. The van der Waals surface area contributed by atoms with Gasteiger partial charge in [-0.15, -0.1) is 0 Å². The lowest BCUT2D eigenvalue weighted by atomic mass is 9.51. The van der Waals surface area contributed by atoms with Crippen LogP contribution in [0.15, 0.2) is 47.1 Å². The van der Waals surface area contributed by atoms with Crippen LogP contribution in [0.3, 0.4) is 0 Å². The van der Waals surface area contributed by atoms with E-state index in [2.05, 4.69) is 71.9 Å². The fourth-order valence-corrected chi connectivity index (χ4v) is 7.50. The van der Waals surface area contributed by atoms with Crippen LogP contribution in [0.5, 0.6) is 0 Å². The Morgan fingerprint density at radius 3 is 2.50 bits per heavy atom. The van der Waals surface area contributed by atoms with Crippen molar-refractivity contribution in [3.63, 3.8) is 0 Å². The fraction of sp³-hybridized carbons (Fsp3) is 0.724. The molecule has 2 saturated carbocycles. The first-order chi connectivity index (χ1) is 14.2. The van der Waals surface area contributed by atoms with Crippen LogP contribution in [0.2, 0.25) is 0 Å². The molecule has 4 aliphatic rings. The predicted octanol–water partition coefficient (Wildman–Crippen LogP) is 7.64. The van der Waals surface area contributed by atoms with Gasteiger partial charge in [0.25, 0.3) is 0 Å². The van der Waals surface area contributed by atoms with Gasteiger partial charge in [-0.2, -0.15) is 0 Å². The standard InChI is InChI=1S/C29H44O/c1-7-21(19(2)3)9-8-20(4)25-12-13-26-24-11-10-22-18-23(30)14-16-28(22,5)27(24)15-17-29(25,26)6/h8-11,13,19-21,23,25,27,30H,7,12,14-18H2,1-6H3. The molecule has 0 radical (unpaired) electrons. The Hall–Kier alpha value is -1.08. The molecule has 0 aromatic rings. The van der Waals surface area contributed by atoms with Crippen molar-refractivity contribution in [2.45, 2.75) is 92.6 Å². The second-order valence-corrected chi connectivity index (χ2v) is 11.7. The first-order valence-corrected chi connectivity index (χ1v) is 12.7. The van der Waals surface area contributed by atoms with Crippen molar-refractivity contribution in [2.24, 2.45) is 40.4 Å². The summed E-state index contributed by atoms with van der Waals surface area (Å²) in [5.74, 6) is 3.44. The van der Waals surface area contributed by atoms with Crippen molar-refractivity contribution in [1.82, 2.24) is 0 Å². The van der Waals surface area contributed by atoms with Crippen LogP contribution in [0.25, 0.3) is 0 Å². The maximum Gasteiger partial charge on any atom is 0.0578 e. The van der Waals surface area contributed by atoms with Gasteiger partial charge in [-0.05, 0) is 96.5 Å². The van der Waals surface area contributed by atoms with Crippen molar-refractivity contribution in [2.75, 3.05) is 0 Å². The number of aliphatic hydroxyl groups excluding tert-OH is 1. The molecule has 7 unspecified atom stereocenters. The molecule has 0 aromatic carbocycles. The monoisotopic (exact) mass is 408 g/mol. The molecule has 1 heteroatoms. The van der Waals surface area contributed by atoms with Crippen molar-refractivity contribution >= 4 is 0 Å². The quantitative estimate of drug-likeness (QED) is 0.463. The minimum Gasteiger partial charge on any atom is -0.393 e. The molecule has 0 saturated heterocycles. The number of allylic oxidation sites excluding steroid dienone is 7. The highest BCUT2D eigenvalue weighted by Crippen LogP contribution is 2.64. The van der Waals surface area contributed by atoms with E-state index in [1.54, 1.807) is 11.1 Å². The first-order valence-electron chi connectivity index (χ1n) is 12.7. The van der Waals surface area contributed by atoms with Crippen LogP contribution in [0, 0.1) is 40.4 Å². The predicted molar refractivity (Wildman–Crippen MR) is 128 cm³/mol. The Bertz CT molecular complexity index is 780. The van der Waals surface area contributed by atoms with Gasteiger partial charge in [0.05, 0.1) is 6.10 Å². The summed E-state index contributed by atoms with van der Waals surface area (Å²) in [6.07, 6.45) is 20.4. The molecule has 0 aliphatic heterocycles. The SMILES string of the molecule is CCC(C=CC(C)C1CC=C2C3=CC=C4CC(O)CCC4(C)C3CCC21C)C(C)C. The Kier molecular flexibility index (Phi) is 5.99. The molecule has 1 nitrogen and oxygen atoms in total. The summed E-state index contributed by atoms with van der Waals surface area (Å²) >= 11 is 0. The van der Waals surface area contributed by atoms with Gasteiger partial charge in [-0.25, -0.2) is 0 Å². The van der Waals surface area contributed by atoms with Crippen LogP contribution in [-0.2, 0) is 0 Å². The summed E-state index contributed by atoms with van der Waals surface area (Å²) in [7, 11) is 0. The Morgan fingerprint density at radius 2 is 1.80 bits per heavy atom. The molecular weight excluding hydrogens is 364 g/mol. The van der Waals surface area contributed by atoms with Crippen molar-refractivity contribution < 1.29 is 5.11 Å². The molecule has 0 heterocycles. The maximum absolute atomic E-state index is 10.2. The lowest BCUT2D eigenvalue weighted by Crippen LogP contribution is -2.44. The van der Waals surface area contributed by atoms with Gasteiger partial charge in [0, 0.05) is 0 Å². The van der Waals surface area contributed by atoms with Gasteiger partial charge in [0.15, 0.2) is 0 Å². The van der Waals surface area contributed by atoms with E-state index in [0.717, 1.165) is 31.1 Å². The van der Waals surface area contributed by atoms with Crippen molar-refractivity contribution in [1.29, 1.82) is 0 Å². The highest BCUT2D eigenvalue weighted by molar-refractivity contribution is 5.51. The minimum atomic E-state index is -0.131. The van der Waals surface area contributed by atoms with Crippen LogP contribution in [0.4, 0.5) is 0 Å². The molecule has 1 N–H and O–H groups in total. The topological polar surface area (TPSA) is 20.2 Å². The smallest absolute Gasteiger partial charge is 0.0578 e. The average molecular weight is 409 g/mol. The Morgan fingerprint density at radius 1 is 1.07 bits per heavy atom. The Labute approximate surface area is 185 Å². The second-order valence-electron chi connectivity index (χ2n) is 11.7. The van der Waals surface area contributed by atoms with Crippen LogP contribution in [-0.4, -0.2) is 11.2 Å². The van der Waals surface area contributed by atoms with Crippen molar-refractivity contribution in [3.05, 3.63) is 47.1 Å². The minimum absolute atomic E-state index is 0.131. The van der Waals surface area contributed by atoms with E-state index in [-0.39, 0.29) is 11.5 Å². The zero-order valence-corrected chi connectivity index (χ0v) is 20.2. The second kappa shape index (κ2) is 8.12. The van der Waals surface area contributed by atoms with E-state index in [4.69, 9.17) is 0 Å². The maximum atomic E-state index is 10.2. The molecule has 166 valence electrons. The van der Waals surface area contributed by atoms with Crippen molar-refractivity contribution in [3.8, 4) is 0 Å².